The lowest BCUT2D eigenvalue weighted by Gasteiger charge is -2.38. The van der Waals surface area contributed by atoms with Gasteiger partial charge in [0, 0.05) is 23.8 Å². The summed E-state index contributed by atoms with van der Waals surface area (Å²) in [5.74, 6) is -1.27. The smallest absolute Gasteiger partial charge is 0.246 e. The van der Waals surface area contributed by atoms with Crippen molar-refractivity contribution in [3.8, 4) is 5.75 Å². The highest BCUT2D eigenvalue weighted by molar-refractivity contribution is 6.03. The second-order valence-electron chi connectivity index (χ2n) is 12.0. The SMILES string of the molecule is COc1cccc(NC(=O)[C@@H]2[C@H]3C=C[C@@]4(O3)[C@H]2C(=O)N(C2CCCCCCC2)[C@@H]4C(=O)NC2CCCCC2)c1. The number of methoxy groups -OCH3 is 1. The third-order valence-corrected chi connectivity index (χ3v) is 9.62. The lowest BCUT2D eigenvalue weighted by molar-refractivity contribution is -0.144. The molecule has 6 rings (SSSR count). The molecule has 0 unspecified atom stereocenters. The molecule has 4 fully saturated rings. The van der Waals surface area contributed by atoms with Gasteiger partial charge in [-0.15, -0.1) is 0 Å². The summed E-state index contributed by atoms with van der Waals surface area (Å²) in [7, 11) is 1.58. The number of anilines is 1. The Labute approximate surface area is 230 Å². The first-order valence-corrected chi connectivity index (χ1v) is 15.0. The predicted octanol–water partition coefficient (Wildman–Crippen LogP) is 4.35. The molecule has 2 bridgehead atoms. The first-order valence-electron chi connectivity index (χ1n) is 15.0. The molecular weight excluding hydrogens is 494 g/mol. The number of carbonyl (C=O) groups is 3. The van der Waals surface area contributed by atoms with Gasteiger partial charge in [-0.25, -0.2) is 0 Å². The van der Waals surface area contributed by atoms with Crippen molar-refractivity contribution in [1.29, 1.82) is 0 Å². The van der Waals surface area contributed by atoms with Gasteiger partial charge in [0.1, 0.15) is 17.4 Å². The Balaban J connectivity index is 1.31. The van der Waals surface area contributed by atoms with Crippen LogP contribution in [0.3, 0.4) is 0 Å². The van der Waals surface area contributed by atoms with Crippen molar-refractivity contribution in [2.75, 3.05) is 12.4 Å². The Morgan fingerprint density at radius 3 is 2.41 bits per heavy atom. The topological polar surface area (TPSA) is 97.0 Å². The lowest BCUT2D eigenvalue weighted by Crippen LogP contribution is -2.58. The van der Waals surface area contributed by atoms with E-state index in [2.05, 4.69) is 10.6 Å². The molecule has 39 heavy (non-hydrogen) atoms. The summed E-state index contributed by atoms with van der Waals surface area (Å²) in [4.78, 5) is 44.1. The molecule has 5 atom stereocenters. The van der Waals surface area contributed by atoms with Crippen LogP contribution in [0.15, 0.2) is 36.4 Å². The standard InChI is InChI=1S/C31H41N3O5/c1-38-23-16-10-13-21(19-23)33-28(35)25-24-17-18-31(39-24)26(25)30(37)34(22-14-8-3-2-4-9-15-22)27(31)29(36)32-20-11-6-5-7-12-20/h10,13,16-20,22,24-27H,2-9,11-12,14-15H2,1H3,(H,32,36)(H,33,35)/t24-,25-,26-,27-,31-/m1/s1. The second-order valence-corrected chi connectivity index (χ2v) is 12.0. The Morgan fingerprint density at radius 1 is 0.974 bits per heavy atom. The van der Waals surface area contributed by atoms with Gasteiger partial charge in [0.25, 0.3) is 0 Å². The van der Waals surface area contributed by atoms with Gasteiger partial charge in [0.2, 0.25) is 17.7 Å². The Morgan fingerprint density at radius 2 is 1.67 bits per heavy atom. The third kappa shape index (κ3) is 4.75. The van der Waals surface area contributed by atoms with Crippen LogP contribution in [0.25, 0.3) is 0 Å². The van der Waals surface area contributed by atoms with Crippen LogP contribution < -0.4 is 15.4 Å². The van der Waals surface area contributed by atoms with Gasteiger partial charge in [-0.05, 0) is 37.8 Å². The molecule has 3 amide bonds. The van der Waals surface area contributed by atoms with Crippen LogP contribution in [0.1, 0.15) is 77.0 Å². The Bertz CT molecular complexity index is 1120. The van der Waals surface area contributed by atoms with Gasteiger partial charge in [-0.2, -0.15) is 0 Å². The molecule has 3 aliphatic heterocycles. The molecule has 210 valence electrons. The van der Waals surface area contributed by atoms with Crippen molar-refractivity contribution in [3.05, 3.63) is 36.4 Å². The maximum absolute atomic E-state index is 14.4. The summed E-state index contributed by atoms with van der Waals surface area (Å²) >= 11 is 0. The number of hydrogen-bond donors (Lipinski definition) is 2. The minimum atomic E-state index is -1.11. The molecule has 0 radical (unpaired) electrons. The van der Waals surface area contributed by atoms with Crippen molar-refractivity contribution in [2.45, 2.75) is 107 Å². The number of fused-ring (bicyclic) bond motifs is 1. The molecule has 1 spiro atoms. The number of nitrogens with zero attached hydrogens (tertiary/aromatic N) is 1. The summed E-state index contributed by atoms with van der Waals surface area (Å²) in [6.07, 6.45) is 16.0. The molecule has 8 heteroatoms. The highest BCUT2D eigenvalue weighted by Crippen LogP contribution is 2.56. The van der Waals surface area contributed by atoms with E-state index in [1.54, 1.807) is 19.2 Å². The molecular formula is C31H41N3O5. The number of carbonyl (C=O) groups excluding carboxylic acids is 3. The summed E-state index contributed by atoms with van der Waals surface area (Å²) in [5, 5.41) is 6.30. The molecule has 8 nitrogen and oxygen atoms in total. The quantitative estimate of drug-likeness (QED) is 0.528. The maximum Gasteiger partial charge on any atom is 0.246 e. The fraction of sp³-hybridized carbons (Fsp3) is 0.645. The van der Waals surface area contributed by atoms with Crippen molar-refractivity contribution in [1.82, 2.24) is 10.2 Å². The highest BCUT2D eigenvalue weighted by atomic mass is 16.5. The summed E-state index contributed by atoms with van der Waals surface area (Å²) < 4.78 is 11.9. The molecule has 2 saturated carbocycles. The normalized spacial score (nSPS) is 32.9. The van der Waals surface area contributed by atoms with Crippen molar-refractivity contribution in [3.63, 3.8) is 0 Å². The van der Waals surface area contributed by atoms with E-state index in [1.165, 1.54) is 12.8 Å². The summed E-state index contributed by atoms with van der Waals surface area (Å²) in [6.45, 7) is 0. The van der Waals surface area contributed by atoms with Gasteiger partial charge < -0.3 is 25.0 Å². The molecule has 5 aliphatic rings. The van der Waals surface area contributed by atoms with Gasteiger partial charge >= 0.3 is 0 Å². The fourth-order valence-electron chi connectivity index (χ4n) is 7.77. The number of rotatable bonds is 6. The molecule has 2 aliphatic carbocycles. The highest BCUT2D eigenvalue weighted by Gasteiger charge is 2.73. The van der Waals surface area contributed by atoms with E-state index in [1.807, 2.05) is 29.2 Å². The molecule has 2 saturated heterocycles. The van der Waals surface area contributed by atoms with E-state index in [-0.39, 0.29) is 29.8 Å². The lowest BCUT2D eigenvalue weighted by atomic mass is 9.74. The average molecular weight is 536 g/mol. The van der Waals surface area contributed by atoms with Crippen LogP contribution in [-0.4, -0.2) is 59.6 Å². The number of nitrogens with one attached hydrogen (secondary N) is 2. The van der Waals surface area contributed by atoms with Gasteiger partial charge in [-0.3, -0.25) is 14.4 Å². The molecule has 0 aromatic heterocycles. The molecule has 3 heterocycles. The Kier molecular flexibility index (Phi) is 7.40. The zero-order chi connectivity index (χ0) is 27.0. The predicted molar refractivity (Wildman–Crippen MR) is 147 cm³/mol. The van der Waals surface area contributed by atoms with Crippen molar-refractivity contribution in [2.24, 2.45) is 11.8 Å². The van der Waals surface area contributed by atoms with Crippen LogP contribution in [0.2, 0.25) is 0 Å². The second kappa shape index (κ2) is 11.0. The third-order valence-electron chi connectivity index (χ3n) is 9.62. The van der Waals surface area contributed by atoms with Crippen molar-refractivity contribution < 1.29 is 23.9 Å². The summed E-state index contributed by atoms with van der Waals surface area (Å²) in [6, 6.07) is 6.56. The zero-order valence-electron chi connectivity index (χ0n) is 22.9. The van der Waals surface area contributed by atoms with Gasteiger partial charge in [-0.1, -0.05) is 69.6 Å². The Hall–Kier alpha value is -2.87. The van der Waals surface area contributed by atoms with Crippen LogP contribution >= 0.6 is 0 Å². The van der Waals surface area contributed by atoms with E-state index < -0.39 is 29.6 Å². The van der Waals surface area contributed by atoms with Crippen LogP contribution in [-0.2, 0) is 19.1 Å². The monoisotopic (exact) mass is 535 g/mol. The number of likely N-dealkylation sites (tertiary alicyclic amines) is 1. The largest absolute Gasteiger partial charge is 0.497 e. The first-order chi connectivity index (χ1) is 19.0. The first kappa shape index (κ1) is 26.4. The van der Waals surface area contributed by atoms with E-state index in [9.17, 15) is 14.4 Å². The van der Waals surface area contributed by atoms with Crippen molar-refractivity contribution >= 4 is 23.4 Å². The molecule has 1 aromatic carbocycles. The van der Waals surface area contributed by atoms with Crippen LogP contribution in [0, 0.1) is 11.8 Å². The molecule has 2 N–H and O–H groups in total. The number of amides is 3. The number of ether oxygens (including phenoxy) is 2. The van der Waals surface area contributed by atoms with Gasteiger partial charge in [0.15, 0.2) is 0 Å². The number of benzene rings is 1. The van der Waals surface area contributed by atoms with E-state index in [4.69, 9.17) is 9.47 Å². The fourth-order valence-corrected chi connectivity index (χ4v) is 7.77. The summed E-state index contributed by atoms with van der Waals surface area (Å²) in [5.41, 5.74) is -0.506. The zero-order valence-corrected chi connectivity index (χ0v) is 22.9. The maximum atomic E-state index is 14.4. The van der Waals surface area contributed by atoms with Crippen LogP contribution in [0.4, 0.5) is 5.69 Å². The minimum absolute atomic E-state index is 0.0157. The van der Waals surface area contributed by atoms with E-state index in [0.29, 0.717) is 11.4 Å². The number of hydrogen-bond acceptors (Lipinski definition) is 5. The average Bonchev–Trinajstić information content (AvgIpc) is 3.57. The van der Waals surface area contributed by atoms with Crippen LogP contribution in [0.5, 0.6) is 5.75 Å². The minimum Gasteiger partial charge on any atom is -0.497 e. The molecule has 1 aromatic rings. The van der Waals surface area contributed by atoms with E-state index in [0.717, 1.165) is 64.2 Å². The van der Waals surface area contributed by atoms with E-state index >= 15 is 0 Å². The van der Waals surface area contributed by atoms with Gasteiger partial charge in [0.05, 0.1) is 25.0 Å².